The highest BCUT2D eigenvalue weighted by atomic mass is 35.5. The van der Waals surface area contributed by atoms with Gasteiger partial charge in [0.1, 0.15) is 12.4 Å². The van der Waals surface area contributed by atoms with E-state index in [0.717, 1.165) is 19.4 Å². The minimum absolute atomic E-state index is 0.149. The van der Waals surface area contributed by atoms with Gasteiger partial charge in [0.2, 0.25) is 0 Å². The molecule has 1 N–H and O–H groups in total. The molecule has 5 heteroatoms. The fourth-order valence-electron chi connectivity index (χ4n) is 2.45. The van der Waals surface area contributed by atoms with E-state index in [1.54, 1.807) is 30.3 Å². The first-order valence-electron chi connectivity index (χ1n) is 7.63. The van der Waals surface area contributed by atoms with Crippen molar-refractivity contribution in [3.63, 3.8) is 0 Å². The highest BCUT2D eigenvalue weighted by Gasteiger charge is 2.16. The fourth-order valence-corrected chi connectivity index (χ4v) is 2.63. The van der Waals surface area contributed by atoms with Gasteiger partial charge < -0.3 is 14.8 Å². The number of nitrogens with one attached hydrogen (secondary N) is 1. The molecule has 3 rings (SSSR count). The smallest absolute Gasteiger partial charge is 0.255 e. The van der Waals surface area contributed by atoms with Crippen molar-refractivity contribution in [2.45, 2.75) is 18.9 Å². The molecule has 1 fully saturated rings. The second kappa shape index (κ2) is 7.49. The molecule has 0 aliphatic carbocycles. The third-order valence-electron chi connectivity index (χ3n) is 3.68. The van der Waals surface area contributed by atoms with E-state index in [2.05, 4.69) is 5.32 Å². The van der Waals surface area contributed by atoms with Crippen LogP contribution in [0.5, 0.6) is 5.75 Å². The highest BCUT2D eigenvalue weighted by molar-refractivity contribution is 6.33. The molecular weight excluding hydrogens is 314 g/mol. The third kappa shape index (κ3) is 4.24. The van der Waals surface area contributed by atoms with Gasteiger partial charge in [-0.05, 0) is 43.2 Å². The molecule has 2 aromatic carbocycles. The van der Waals surface area contributed by atoms with Crippen molar-refractivity contribution in [3.05, 3.63) is 59.1 Å². The van der Waals surface area contributed by atoms with Gasteiger partial charge in [0.05, 0.1) is 16.8 Å². The second-order valence-corrected chi connectivity index (χ2v) is 5.82. The Hall–Kier alpha value is -2.04. The molecule has 1 unspecified atom stereocenters. The number of anilines is 1. The van der Waals surface area contributed by atoms with Crippen LogP contribution in [0.4, 0.5) is 5.69 Å². The molecule has 0 bridgehead atoms. The Labute approximate surface area is 140 Å². The van der Waals surface area contributed by atoms with Crippen molar-refractivity contribution < 1.29 is 14.3 Å². The number of para-hydroxylation sites is 1. The Balaban J connectivity index is 1.64. The average Bonchev–Trinajstić information content (AvgIpc) is 3.09. The van der Waals surface area contributed by atoms with Crippen LogP contribution in [-0.2, 0) is 4.74 Å². The largest absolute Gasteiger partial charge is 0.491 e. The minimum atomic E-state index is -0.222. The lowest BCUT2D eigenvalue weighted by atomic mass is 10.2. The first-order chi connectivity index (χ1) is 11.2. The monoisotopic (exact) mass is 331 g/mol. The van der Waals surface area contributed by atoms with Crippen molar-refractivity contribution in [1.29, 1.82) is 0 Å². The minimum Gasteiger partial charge on any atom is -0.491 e. The summed E-state index contributed by atoms with van der Waals surface area (Å²) < 4.78 is 11.2. The maximum Gasteiger partial charge on any atom is 0.255 e. The van der Waals surface area contributed by atoms with Gasteiger partial charge in [-0.25, -0.2) is 0 Å². The zero-order valence-electron chi connectivity index (χ0n) is 12.6. The quantitative estimate of drug-likeness (QED) is 0.895. The van der Waals surface area contributed by atoms with E-state index in [9.17, 15) is 4.79 Å². The first-order valence-corrected chi connectivity index (χ1v) is 8.00. The van der Waals surface area contributed by atoms with Crippen LogP contribution in [0.25, 0.3) is 0 Å². The second-order valence-electron chi connectivity index (χ2n) is 5.41. The van der Waals surface area contributed by atoms with Gasteiger partial charge in [-0.2, -0.15) is 0 Å². The topological polar surface area (TPSA) is 47.6 Å². The molecule has 120 valence electrons. The van der Waals surface area contributed by atoms with E-state index >= 15 is 0 Å². The van der Waals surface area contributed by atoms with Gasteiger partial charge in [-0.3, -0.25) is 4.79 Å². The van der Waals surface area contributed by atoms with Gasteiger partial charge in [-0.1, -0.05) is 29.8 Å². The number of hydrogen-bond acceptors (Lipinski definition) is 3. The number of hydrogen-bond donors (Lipinski definition) is 1. The highest BCUT2D eigenvalue weighted by Crippen LogP contribution is 2.22. The van der Waals surface area contributed by atoms with E-state index in [4.69, 9.17) is 21.1 Å². The molecule has 23 heavy (non-hydrogen) atoms. The Kier molecular flexibility index (Phi) is 5.16. The van der Waals surface area contributed by atoms with Gasteiger partial charge in [0, 0.05) is 12.2 Å². The fraction of sp³-hybridized carbons (Fsp3) is 0.278. The summed E-state index contributed by atoms with van der Waals surface area (Å²) in [6, 6.07) is 14.2. The summed E-state index contributed by atoms with van der Waals surface area (Å²) in [6.07, 6.45) is 2.25. The number of rotatable bonds is 5. The maximum absolute atomic E-state index is 12.3. The summed E-state index contributed by atoms with van der Waals surface area (Å²) in [5.74, 6) is 0.438. The summed E-state index contributed by atoms with van der Waals surface area (Å²) in [6.45, 7) is 1.31. The van der Waals surface area contributed by atoms with Crippen molar-refractivity contribution >= 4 is 23.2 Å². The Morgan fingerprint density at radius 3 is 2.91 bits per heavy atom. The number of amides is 1. The molecule has 1 atom stereocenters. The molecule has 1 aliphatic heterocycles. The zero-order chi connectivity index (χ0) is 16.1. The standard InChI is InChI=1S/C18H18ClNO3/c19-16-8-1-2-9-17(16)20-18(21)13-5-3-6-14(11-13)23-12-15-7-4-10-22-15/h1-3,5-6,8-9,11,15H,4,7,10,12H2,(H,20,21). The van der Waals surface area contributed by atoms with Crippen LogP contribution < -0.4 is 10.1 Å². The summed E-state index contributed by atoms with van der Waals surface area (Å²) in [4.78, 5) is 12.3. The zero-order valence-corrected chi connectivity index (χ0v) is 13.4. The number of ether oxygens (including phenoxy) is 2. The summed E-state index contributed by atoms with van der Waals surface area (Å²) in [5.41, 5.74) is 1.11. The van der Waals surface area contributed by atoms with Crippen molar-refractivity contribution in [1.82, 2.24) is 0 Å². The summed E-state index contributed by atoms with van der Waals surface area (Å²) >= 11 is 6.06. The van der Waals surface area contributed by atoms with Crippen LogP contribution in [-0.4, -0.2) is 25.2 Å². The number of carbonyl (C=O) groups excluding carboxylic acids is 1. The Morgan fingerprint density at radius 1 is 1.26 bits per heavy atom. The molecule has 1 aliphatic rings. The van der Waals surface area contributed by atoms with Crippen LogP contribution in [0.15, 0.2) is 48.5 Å². The predicted molar refractivity (Wildman–Crippen MR) is 90.3 cm³/mol. The molecule has 1 saturated heterocycles. The van der Waals surface area contributed by atoms with Crippen molar-refractivity contribution in [2.24, 2.45) is 0 Å². The molecule has 2 aromatic rings. The van der Waals surface area contributed by atoms with Crippen LogP contribution in [0.1, 0.15) is 23.2 Å². The SMILES string of the molecule is O=C(Nc1ccccc1Cl)c1cccc(OCC2CCCO2)c1. The lowest BCUT2D eigenvalue weighted by Crippen LogP contribution is -2.17. The predicted octanol–water partition coefficient (Wildman–Crippen LogP) is 4.15. The van der Waals surface area contributed by atoms with Gasteiger partial charge in [0.15, 0.2) is 0 Å². The molecule has 1 amide bonds. The average molecular weight is 332 g/mol. The van der Waals surface area contributed by atoms with E-state index in [1.165, 1.54) is 0 Å². The molecule has 0 spiro atoms. The van der Waals surface area contributed by atoms with Crippen molar-refractivity contribution in [2.75, 3.05) is 18.5 Å². The van der Waals surface area contributed by atoms with Crippen LogP contribution in [0.2, 0.25) is 5.02 Å². The van der Waals surface area contributed by atoms with Gasteiger partial charge in [-0.15, -0.1) is 0 Å². The summed E-state index contributed by atoms with van der Waals surface area (Å²) in [7, 11) is 0. The maximum atomic E-state index is 12.3. The number of benzene rings is 2. The van der Waals surface area contributed by atoms with Gasteiger partial charge >= 0.3 is 0 Å². The third-order valence-corrected chi connectivity index (χ3v) is 4.01. The van der Waals surface area contributed by atoms with Gasteiger partial charge in [0.25, 0.3) is 5.91 Å². The molecular formula is C18H18ClNO3. The summed E-state index contributed by atoms with van der Waals surface area (Å²) in [5, 5.41) is 3.31. The van der Waals surface area contributed by atoms with Crippen LogP contribution in [0.3, 0.4) is 0 Å². The van der Waals surface area contributed by atoms with E-state index in [-0.39, 0.29) is 12.0 Å². The van der Waals surface area contributed by atoms with Crippen LogP contribution >= 0.6 is 11.6 Å². The molecule has 1 heterocycles. The van der Waals surface area contributed by atoms with E-state index in [1.807, 2.05) is 18.2 Å². The number of carbonyl (C=O) groups is 1. The Morgan fingerprint density at radius 2 is 2.13 bits per heavy atom. The van der Waals surface area contributed by atoms with E-state index in [0.29, 0.717) is 28.6 Å². The van der Waals surface area contributed by atoms with Crippen molar-refractivity contribution in [3.8, 4) is 5.75 Å². The normalized spacial score (nSPS) is 17.0. The molecule has 0 aromatic heterocycles. The number of halogens is 1. The Bertz CT molecular complexity index is 683. The molecule has 4 nitrogen and oxygen atoms in total. The molecule has 0 saturated carbocycles. The van der Waals surface area contributed by atoms with Crippen LogP contribution in [0, 0.1) is 0 Å². The molecule has 0 radical (unpaired) electrons. The lowest BCUT2D eigenvalue weighted by molar-refractivity contribution is 0.0679. The van der Waals surface area contributed by atoms with E-state index < -0.39 is 0 Å². The first kappa shape index (κ1) is 15.8. The lowest BCUT2D eigenvalue weighted by Gasteiger charge is -2.12.